The molecule has 10 heteroatoms. The average molecular weight is 1010 g/mol. The van der Waals surface area contributed by atoms with Crippen LogP contribution in [0.25, 0.3) is 0 Å². The Kier molecular flexibility index (Phi) is 49.1. The Hall–Kier alpha value is -3.33. The highest BCUT2D eigenvalue weighted by molar-refractivity contribution is 7.47. The van der Waals surface area contributed by atoms with Gasteiger partial charge in [0.25, 0.3) is 0 Å². The summed E-state index contributed by atoms with van der Waals surface area (Å²) in [5.41, 5.74) is 0. The van der Waals surface area contributed by atoms with Crippen molar-refractivity contribution in [3.63, 3.8) is 0 Å². The van der Waals surface area contributed by atoms with Crippen molar-refractivity contribution in [1.82, 2.24) is 0 Å². The van der Waals surface area contributed by atoms with Crippen LogP contribution in [0.4, 0.5) is 0 Å². The zero-order valence-electron chi connectivity index (χ0n) is 45.9. The van der Waals surface area contributed by atoms with Gasteiger partial charge in [0.05, 0.1) is 27.7 Å². The lowest BCUT2D eigenvalue weighted by atomic mass is 10.0. The molecule has 0 aliphatic carbocycles. The van der Waals surface area contributed by atoms with Gasteiger partial charge in [-0.3, -0.25) is 18.6 Å². The number of quaternary nitrogens is 1. The highest BCUT2D eigenvalue weighted by Crippen LogP contribution is 2.43. The van der Waals surface area contributed by atoms with E-state index in [1.807, 2.05) is 21.1 Å². The van der Waals surface area contributed by atoms with Crippen molar-refractivity contribution in [3.05, 3.63) is 109 Å². The van der Waals surface area contributed by atoms with Crippen molar-refractivity contribution in [3.8, 4) is 0 Å². The van der Waals surface area contributed by atoms with Crippen molar-refractivity contribution < 1.29 is 42.1 Å². The molecule has 0 radical (unpaired) electrons. The summed E-state index contributed by atoms with van der Waals surface area (Å²) in [7, 11) is 1.47. The van der Waals surface area contributed by atoms with Crippen LogP contribution in [0.2, 0.25) is 0 Å². The van der Waals surface area contributed by atoms with Gasteiger partial charge in [-0.25, -0.2) is 4.57 Å². The molecule has 2 atom stereocenters. The standard InChI is InChI=1S/C61H104NO8P/c1-6-8-10-12-14-15-16-17-18-19-20-21-22-23-24-25-26-27-28-29-30-31-32-33-34-35-36-37-38-39-40-41-42-43-44-45-46-47-48-50-52-54-61(64)70-59(57-67-60(63)53-51-49-13-11-9-7-2)58-69-71(65,66)68-56-55-62(3,4)5/h8,10,14-15,17-18,20-21,23-24,26-27,29-30,32-33,35-36,59H,6-7,9,11-13,16,19,22,25,28,31,34,37-58H2,1-5H3/p+1/b10-8-,15-14-,18-17-,21-20-,24-23-,27-26-,30-29-,33-32-,36-35-. The summed E-state index contributed by atoms with van der Waals surface area (Å²) in [5.74, 6) is -0.813. The SMILES string of the molecule is CC/C=C\C/C=C\C/C=C\C/C=C\C/C=C\C/C=C\C/C=C\C/C=C\C/C=C\CCCCCCCCCCCCCCCC(=O)OC(COC(=O)CCCCCCCC)COP(=O)(O)OCC[N+](C)(C)C. The van der Waals surface area contributed by atoms with Gasteiger partial charge in [0.2, 0.25) is 0 Å². The van der Waals surface area contributed by atoms with Gasteiger partial charge in [0, 0.05) is 12.8 Å². The Morgan fingerprint density at radius 1 is 0.451 bits per heavy atom. The van der Waals surface area contributed by atoms with Crippen LogP contribution in [0.15, 0.2) is 109 Å². The smallest absolute Gasteiger partial charge is 0.462 e. The summed E-state index contributed by atoms with van der Waals surface area (Å²) < 4.78 is 34.2. The number of carbonyl (C=O) groups is 2. The van der Waals surface area contributed by atoms with Crippen molar-refractivity contribution in [2.75, 3.05) is 47.5 Å². The number of likely N-dealkylation sites (N-methyl/N-ethyl adjacent to an activating group) is 1. The third kappa shape index (κ3) is 55.8. The van der Waals surface area contributed by atoms with Gasteiger partial charge in [0.1, 0.15) is 19.8 Å². The van der Waals surface area contributed by atoms with Gasteiger partial charge in [0.15, 0.2) is 6.10 Å². The van der Waals surface area contributed by atoms with E-state index in [9.17, 15) is 19.0 Å². The largest absolute Gasteiger partial charge is 0.472 e. The highest BCUT2D eigenvalue weighted by atomic mass is 31.2. The summed E-state index contributed by atoms with van der Waals surface area (Å²) in [6, 6.07) is 0. The molecule has 0 aliphatic rings. The van der Waals surface area contributed by atoms with Crippen LogP contribution in [-0.2, 0) is 32.7 Å². The number of hydrogen-bond acceptors (Lipinski definition) is 7. The maximum atomic E-state index is 12.7. The van der Waals surface area contributed by atoms with Crippen LogP contribution in [-0.4, -0.2) is 74.9 Å². The monoisotopic (exact) mass is 1010 g/mol. The summed E-state index contributed by atoms with van der Waals surface area (Å²) >= 11 is 0. The summed E-state index contributed by atoms with van der Waals surface area (Å²) in [4.78, 5) is 35.2. The minimum absolute atomic E-state index is 0.0287. The average Bonchev–Trinajstić information content (AvgIpc) is 3.33. The van der Waals surface area contributed by atoms with Gasteiger partial charge < -0.3 is 18.9 Å². The molecule has 0 saturated carbocycles. The molecule has 2 unspecified atom stereocenters. The number of phosphoric acid groups is 1. The molecule has 0 rings (SSSR count). The van der Waals surface area contributed by atoms with Gasteiger partial charge in [-0.2, -0.15) is 0 Å². The van der Waals surface area contributed by atoms with Crippen molar-refractivity contribution in [2.24, 2.45) is 0 Å². The molecule has 0 aliphatic heterocycles. The van der Waals surface area contributed by atoms with Crippen LogP contribution < -0.4 is 0 Å². The first-order valence-electron chi connectivity index (χ1n) is 28.1. The van der Waals surface area contributed by atoms with E-state index >= 15 is 0 Å². The highest BCUT2D eigenvalue weighted by Gasteiger charge is 2.27. The van der Waals surface area contributed by atoms with E-state index in [1.54, 1.807) is 0 Å². The second-order valence-corrected chi connectivity index (χ2v) is 21.0. The molecule has 406 valence electrons. The zero-order chi connectivity index (χ0) is 52.0. The van der Waals surface area contributed by atoms with Crippen molar-refractivity contribution >= 4 is 19.8 Å². The molecule has 9 nitrogen and oxygen atoms in total. The minimum atomic E-state index is -4.37. The normalized spacial score (nSPS) is 14.2. The van der Waals surface area contributed by atoms with Gasteiger partial charge in [-0.1, -0.05) is 226 Å². The molecule has 0 amide bonds. The fraction of sp³-hybridized carbons (Fsp3) is 0.672. The van der Waals surface area contributed by atoms with E-state index in [0.717, 1.165) is 103 Å². The predicted octanol–water partition coefficient (Wildman–Crippen LogP) is 17.4. The summed E-state index contributed by atoms with van der Waals surface area (Å²) in [6.07, 6.45) is 72.1. The first-order valence-corrected chi connectivity index (χ1v) is 29.6. The number of phosphoric ester groups is 1. The lowest BCUT2D eigenvalue weighted by Gasteiger charge is -2.24. The second kappa shape index (κ2) is 51.6. The van der Waals surface area contributed by atoms with E-state index in [4.69, 9.17) is 18.5 Å². The van der Waals surface area contributed by atoms with Crippen molar-refractivity contribution in [2.45, 2.75) is 219 Å². The summed E-state index contributed by atoms with van der Waals surface area (Å²) in [5, 5.41) is 0. The topological polar surface area (TPSA) is 108 Å². The Balaban J connectivity index is 3.91. The molecule has 1 N–H and O–H groups in total. The maximum Gasteiger partial charge on any atom is 0.472 e. The Morgan fingerprint density at radius 2 is 0.803 bits per heavy atom. The third-order valence-electron chi connectivity index (χ3n) is 11.6. The van der Waals surface area contributed by atoms with E-state index in [-0.39, 0.29) is 32.0 Å². The van der Waals surface area contributed by atoms with Gasteiger partial charge in [-0.15, -0.1) is 0 Å². The maximum absolute atomic E-state index is 12.7. The van der Waals surface area contributed by atoms with Crippen LogP contribution in [0, 0.1) is 0 Å². The predicted molar refractivity (Wildman–Crippen MR) is 302 cm³/mol. The zero-order valence-corrected chi connectivity index (χ0v) is 46.8. The first-order chi connectivity index (χ1) is 34.5. The number of unbranched alkanes of at least 4 members (excludes halogenated alkanes) is 18. The molecule has 0 aromatic carbocycles. The number of allylic oxidation sites excluding steroid dienone is 18. The molecule has 0 heterocycles. The lowest BCUT2D eigenvalue weighted by Crippen LogP contribution is -2.37. The Morgan fingerprint density at radius 3 is 1.20 bits per heavy atom. The van der Waals surface area contributed by atoms with E-state index in [2.05, 4.69) is 123 Å². The molecule has 0 bridgehead atoms. The quantitative estimate of drug-likeness (QED) is 0.0211. The fourth-order valence-electron chi connectivity index (χ4n) is 7.24. The fourth-order valence-corrected chi connectivity index (χ4v) is 7.98. The lowest BCUT2D eigenvalue weighted by molar-refractivity contribution is -0.870. The first kappa shape index (κ1) is 67.7. The number of rotatable bonds is 50. The van der Waals surface area contributed by atoms with Crippen molar-refractivity contribution in [1.29, 1.82) is 0 Å². The Bertz CT molecular complexity index is 1570. The summed E-state index contributed by atoms with van der Waals surface area (Å²) in [6.45, 7) is 4.23. The van der Waals surface area contributed by atoms with Crippen LogP contribution in [0.5, 0.6) is 0 Å². The number of ether oxygens (including phenoxy) is 2. The van der Waals surface area contributed by atoms with E-state index in [0.29, 0.717) is 17.4 Å². The number of carbonyl (C=O) groups excluding carboxylic acids is 2. The molecule has 0 saturated heterocycles. The molecular formula is C61H105NO8P+. The van der Waals surface area contributed by atoms with E-state index in [1.165, 1.54) is 77.0 Å². The Labute approximate surface area is 436 Å². The van der Waals surface area contributed by atoms with Gasteiger partial charge in [-0.05, 0) is 83.5 Å². The molecule has 71 heavy (non-hydrogen) atoms. The molecule has 0 spiro atoms. The molecule has 0 fully saturated rings. The molecular weight excluding hydrogens is 906 g/mol. The van der Waals surface area contributed by atoms with Crippen LogP contribution in [0.1, 0.15) is 213 Å². The van der Waals surface area contributed by atoms with E-state index < -0.39 is 26.5 Å². The van der Waals surface area contributed by atoms with Crippen LogP contribution in [0.3, 0.4) is 0 Å². The second-order valence-electron chi connectivity index (χ2n) is 19.6. The number of hydrogen-bond donors (Lipinski definition) is 1. The number of esters is 2. The van der Waals surface area contributed by atoms with Gasteiger partial charge >= 0.3 is 19.8 Å². The third-order valence-corrected chi connectivity index (χ3v) is 12.6. The van der Waals surface area contributed by atoms with Crippen LogP contribution >= 0.6 is 7.82 Å². The molecule has 0 aromatic rings. The minimum Gasteiger partial charge on any atom is -0.462 e. The molecule has 0 aromatic heterocycles. The number of nitrogens with zero attached hydrogens (tertiary/aromatic N) is 1.